The van der Waals surface area contributed by atoms with Crippen LogP contribution >= 0.6 is 0 Å². The summed E-state index contributed by atoms with van der Waals surface area (Å²) in [4.78, 5) is 4.67. The number of aryl methyl sites for hydroxylation is 1. The Hall–Kier alpha value is -0.890. The maximum absolute atomic E-state index is 4.67. The van der Waals surface area contributed by atoms with E-state index in [1.54, 1.807) is 0 Å². The Bertz CT molecular complexity index is 389. The van der Waals surface area contributed by atoms with E-state index in [1.165, 1.54) is 43.4 Å². The SMILES string of the molecule is CCCNC(c1ncccc1C)C1CCCC(C)C1. The van der Waals surface area contributed by atoms with E-state index in [2.05, 4.69) is 37.1 Å². The summed E-state index contributed by atoms with van der Waals surface area (Å²) in [5.41, 5.74) is 2.60. The zero-order valence-electron chi connectivity index (χ0n) is 12.7. The monoisotopic (exact) mass is 260 g/mol. The molecule has 0 radical (unpaired) electrons. The van der Waals surface area contributed by atoms with Crippen LogP contribution in [-0.4, -0.2) is 11.5 Å². The van der Waals surface area contributed by atoms with Gasteiger partial charge in [0, 0.05) is 6.20 Å². The molecule has 0 bridgehead atoms. The topological polar surface area (TPSA) is 24.9 Å². The molecule has 1 aromatic rings. The van der Waals surface area contributed by atoms with Crippen LogP contribution < -0.4 is 5.32 Å². The summed E-state index contributed by atoms with van der Waals surface area (Å²) < 4.78 is 0. The highest BCUT2D eigenvalue weighted by Crippen LogP contribution is 2.37. The van der Waals surface area contributed by atoms with Crippen LogP contribution in [0.5, 0.6) is 0 Å². The molecular weight excluding hydrogens is 232 g/mol. The summed E-state index contributed by atoms with van der Waals surface area (Å²) in [5.74, 6) is 1.62. The average Bonchev–Trinajstić information content (AvgIpc) is 2.41. The maximum atomic E-state index is 4.67. The first-order chi connectivity index (χ1) is 9.22. The molecule has 2 heteroatoms. The molecule has 106 valence electrons. The minimum Gasteiger partial charge on any atom is -0.308 e. The Morgan fingerprint density at radius 2 is 2.26 bits per heavy atom. The second-order valence-corrected chi connectivity index (χ2v) is 6.17. The number of aromatic nitrogens is 1. The van der Waals surface area contributed by atoms with Gasteiger partial charge in [-0.1, -0.05) is 32.8 Å². The lowest BCUT2D eigenvalue weighted by Gasteiger charge is -2.34. The number of rotatable bonds is 5. The Morgan fingerprint density at radius 3 is 2.95 bits per heavy atom. The predicted octanol–water partition coefficient (Wildman–Crippen LogP) is 4.26. The van der Waals surface area contributed by atoms with Crippen molar-refractivity contribution < 1.29 is 0 Å². The first kappa shape index (κ1) is 14.5. The molecule has 1 saturated carbocycles. The van der Waals surface area contributed by atoms with Crippen LogP contribution in [-0.2, 0) is 0 Å². The van der Waals surface area contributed by atoms with Gasteiger partial charge in [0.15, 0.2) is 0 Å². The van der Waals surface area contributed by atoms with Crippen LogP contribution in [0, 0.1) is 18.8 Å². The van der Waals surface area contributed by atoms with E-state index in [0.29, 0.717) is 6.04 Å². The summed E-state index contributed by atoms with van der Waals surface area (Å²) in [6, 6.07) is 4.68. The van der Waals surface area contributed by atoms with E-state index in [4.69, 9.17) is 0 Å². The number of nitrogens with zero attached hydrogens (tertiary/aromatic N) is 1. The van der Waals surface area contributed by atoms with Crippen molar-refractivity contribution in [3.63, 3.8) is 0 Å². The van der Waals surface area contributed by atoms with Gasteiger partial charge in [0.2, 0.25) is 0 Å². The van der Waals surface area contributed by atoms with Crippen LogP contribution in [0.4, 0.5) is 0 Å². The van der Waals surface area contributed by atoms with Crippen molar-refractivity contribution in [3.8, 4) is 0 Å². The van der Waals surface area contributed by atoms with Gasteiger partial charge >= 0.3 is 0 Å². The van der Waals surface area contributed by atoms with Crippen molar-refractivity contribution in [2.24, 2.45) is 11.8 Å². The zero-order chi connectivity index (χ0) is 13.7. The number of pyridine rings is 1. The molecule has 1 heterocycles. The summed E-state index contributed by atoms with van der Waals surface area (Å²) in [6.45, 7) is 7.91. The van der Waals surface area contributed by atoms with Crippen molar-refractivity contribution >= 4 is 0 Å². The van der Waals surface area contributed by atoms with Crippen molar-refractivity contribution in [2.75, 3.05) is 6.54 Å². The van der Waals surface area contributed by atoms with Gasteiger partial charge in [-0.25, -0.2) is 0 Å². The van der Waals surface area contributed by atoms with Crippen LogP contribution in [0.15, 0.2) is 18.3 Å². The second-order valence-electron chi connectivity index (χ2n) is 6.17. The normalized spacial score (nSPS) is 25.2. The average molecular weight is 260 g/mol. The van der Waals surface area contributed by atoms with Gasteiger partial charge < -0.3 is 5.32 Å². The smallest absolute Gasteiger partial charge is 0.0605 e. The van der Waals surface area contributed by atoms with Crippen LogP contribution in [0.3, 0.4) is 0 Å². The minimum absolute atomic E-state index is 0.448. The quantitative estimate of drug-likeness (QED) is 0.855. The molecule has 3 atom stereocenters. The van der Waals surface area contributed by atoms with Gasteiger partial charge in [-0.3, -0.25) is 4.98 Å². The summed E-state index contributed by atoms with van der Waals surface area (Å²) in [6.07, 6.45) is 8.60. The molecule has 0 amide bonds. The molecule has 1 aromatic heterocycles. The van der Waals surface area contributed by atoms with Gasteiger partial charge in [-0.05, 0) is 56.2 Å². The fraction of sp³-hybridized carbons (Fsp3) is 0.706. The molecule has 1 N–H and O–H groups in total. The molecule has 1 aliphatic rings. The molecule has 1 aliphatic carbocycles. The lowest BCUT2D eigenvalue weighted by Crippen LogP contribution is -2.33. The fourth-order valence-corrected chi connectivity index (χ4v) is 3.39. The van der Waals surface area contributed by atoms with E-state index in [9.17, 15) is 0 Å². The molecule has 2 nitrogen and oxygen atoms in total. The molecule has 19 heavy (non-hydrogen) atoms. The van der Waals surface area contributed by atoms with Gasteiger partial charge in [0.05, 0.1) is 11.7 Å². The summed E-state index contributed by atoms with van der Waals surface area (Å²) in [5, 5.41) is 3.75. The predicted molar refractivity (Wildman–Crippen MR) is 81.1 cm³/mol. The lowest BCUT2D eigenvalue weighted by molar-refractivity contribution is 0.220. The molecule has 0 aromatic carbocycles. The minimum atomic E-state index is 0.448. The second kappa shape index (κ2) is 7.04. The molecular formula is C17H28N2. The van der Waals surface area contributed by atoms with Gasteiger partial charge in [0.25, 0.3) is 0 Å². The summed E-state index contributed by atoms with van der Waals surface area (Å²) in [7, 11) is 0. The molecule has 0 spiro atoms. The van der Waals surface area contributed by atoms with E-state index < -0.39 is 0 Å². The first-order valence-electron chi connectivity index (χ1n) is 7.87. The van der Waals surface area contributed by atoms with E-state index in [0.717, 1.165) is 18.4 Å². The molecule has 0 aliphatic heterocycles. The number of hydrogen-bond acceptors (Lipinski definition) is 2. The zero-order valence-corrected chi connectivity index (χ0v) is 12.7. The Balaban J connectivity index is 2.17. The summed E-state index contributed by atoms with van der Waals surface area (Å²) >= 11 is 0. The molecule has 3 unspecified atom stereocenters. The lowest BCUT2D eigenvalue weighted by atomic mass is 9.77. The largest absolute Gasteiger partial charge is 0.308 e. The number of hydrogen-bond donors (Lipinski definition) is 1. The van der Waals surface area contributed by atoms with E-state index in [-0.39, 0.29) is 0 Å². The van der Waals surface area contributed by atoms with Crippen LogP contribution in [0.25, 0.3) is 0 Å². The molecule has 0 saturated heterocycles. The van der Waals surface area contributed by atoms with Crippen LogP contribution in [0.2, 0.25) is 0 Å². The Morgan fingerprint density at radius 1 is 1.42 bits per heavy atom. The number of nitrogens with one attached hydrogen (secondary N) is 1. The third kappa shape index (κ3) is 3.79. The fourth-order valence-electron chi connectivity index (χ4n) is 3.39. The van der Waals surface area contributed by atoms with Crippen molar-refractivity contribution in [3.05, 3.63) is 29.6 Å². The Labute approximate surface area is 118 Å². The maximum Gasteiger partial charge on any atom is 0.0605 e. The highest BCUT2D eigenvalue weighted by atomic mass is 14.9. The Kier molecular flexibility index (Phi) is 5.38. The van der Waals surface area contributed by atoms with Crippen molar-refractivity contribution in [1.29, 1.82) is 0 Å². The van der Waals surface area contributed by atoms with Crippen LogP contribution in [0.1, 0.15) is 63.3 Å². The molecule has 1 fully saturated rings. The van der Waals surface area contributed by atoms with E-state index >= 15 is 0 Å². The van der Waals surface area contributed by atoms with E-state index in [1.807, 2.05) is 12.3 Å². The molecule has 2 rings (SSSR count). The first-order valence-corrected chi connectivity index (χ1v) is 7.87. The van der Waals surface area contributed by atoms with Crippen molar-refractivity contribution in [2.45, 2.75) is 58.9 Å². The van der Waals surface area contributed by atoms with Gasteiger partial charge in [0.1, 0.15) is 0 Å². The highest BCUT2D eigenvalue weighted by molar-refractivity contribution is 5.22. The highest BCUT2D eigenvalue weighted by Gasteiger charge is 2.28. The standard InChI is InChI=1S/C17H28N2/c1-4-10-18-17(15-9-5-7-13(2)12-15)16-14(3)8-6-11-19-16/h6,8,11,13,15,17-18H,4-5,7,9-10,12H2,1-3H3. The van der Waals surface area contributed by atoms with Gasteiger partial charge in [-0.15, -0.1) is 0 Å². The van der Waals surface area contributed by atoms with Gasteiger partial charge in [-0.2, -0.15) is 0 Å². The van der Waals surface area contributed by atoms with Crippen molar-refractivity contribution in [1.82, 2.24) is 10.3 Å². The third-order valence-electron chi connectivity index (χ3n) is 4.41. The third-order valence-corrected chi connectivity index (χ3v) is 4.41.